The van der Waals surface area contributed by atoms with E-state index in [4.69, 9.17) is 4.84 Å². The zero-order valence-electron chi connectivity index (χ0n) is 17.0. The average molecular weight is 419 g/mol. The van der Waals surface area contributed by atoms with Crippen LogP contribution in [-0.4, -0.2) is 57.5 Å². The first kappa shape index (κ1) is 20.3. The van der Waals surface area contributed by atoms with Crippen LogP contribution in [0.1, 0.15) is 34.2 Å². The zero-order valence-corrected chi connectivity index (χ0v) is 17.0. The van der Waals surface area contributed by atoms with Crippen molar-refractivity contribution in [1.29, 1.82) is 0 Å². The molecule has 0 bridgehead atoms. The van der Waals surface area contributed by atoms with Crippen LogP contribution in [0.15, 0.2) is 18.2 Å². The molecule has 1 aromatic heterocycles. The monoisotopic (exact) mass is 419 g/mol. The van der Waals surface area contributed by atoms with Gasteiger partial charge in [0, 0.05) is 30.8 Å². The Kier molecular flexibility index (Phi) is 5.19. The van der Waals surface area contributed by atoms with Crippen molar-refractivity contribution in [2.24, 2.45) is 0 Å². The lowest BCUT2D eigenvalue weighted by Crippen LogP contribution is -2.45. The molecule has 2 aliphatic heterocycles. The van der Waals surface area contributed by atoms with E-state index >= 15 is 0 Å². The number of carbonyl (C=O) groups is 2. The second kappa shape index (κ2) is 7.67. The number of alkyl halides is 1. The fraction of sp³-hybridized carbons (Fsp3) is 0.450. The Morgan fingerprint density at radius 1 is 1.40 bits per heavy atom. The van der Waals surface area contributed by atoms with E-state index in [0.717, 1.165) is 10.8 Å². The van der Waals surface area contributed by atoms with Gasteiger partial charge in [0.15, 0.2) is 0 Å². The highest BCUT2D eigenvalue weighted by Gasteiger charge is 2.37. The molecule has 10 heteroatoms. The van der Waals surface area contributed by atoms with Gasteiger partial charge in [0.1, 0.15) is 24.3 Å². The second-order valence-corrected chi connectivity index (χ2v) is 7.72. The normalized spacial score (nSPS) is 21.2. The van der Waals surface area contributed by atoms with Crippen molar-refractivity contribution in [2.45, 2.75) is 45.5 Å². The zero-order chi connectivity index (χ0) is 21.6. The van der Waals surface area contributed by atoms with Gasteiger partial charge in [-0.3, -0.25) is 14.3 Å². The first-order valence-corrected chi connectivity index (χ1v) is 9.71. The average Bonchev–Trinajstić information content (AvgIpc) is 2.99. The van der Waals surface area contributed by atoms with Crippen molar-refractivity contribution in [3.05, 3.63) is 46.5 Å². The van der Waals surface area contributed by atoms with Crippen LogP contribution in [0.3, 0.4) is 0 Å². The number of rotatable bonds is 2. The summed E-state index contributed by atoms with van der Waals surface area (Å²) in [6, 6.07) is 3.84. The maximum atomic E-state index is 13.5. The number of nitrogens with one attached hydrogen (secondary N) is 1. The number of hydrogen-bond donors (Lipinski definition) is 1. The Bertz CT molecular complexity index is 1010. The number of nitrogens with zero attached hydrogens (tertiary/aromatic N) is 4. The molecule has 0 saturated heterocycles. The molecule has 160 valence electrons. The Labute approximate surface area is 172 Å². The molecule has 0 radical (unpaired) electrons. The van der Waals surface area contributed by atoms with E-state index in [-0.39, 0.29) is 31.0 Å². The van der Waals surface area contributed by atoms with Gasteiger partial charge in [0.25, 0.3) is 5.91 Å². The van der Waals surface area contributed by atoms with E-state index < -0.39 is 18.7 Å². The quantitative estimate of drug-likeness (QED) is 0.812. The van der Waals surface area contributed by atoms with Gasteiger partial charge in [0.05, 0.1) is 18.8 Å². The highest BCUT2D eigenvalue weighted by Crippen LogP contribution is 2.29. The molecule has 3 amide bonds. The number of halogens is 2. The van der Waals surface area contributed by atoms with Gasteiger partial charge in [-0.25, -0.2) is 18.6 Å². The summed E-state index contributed by atoms with van der Waals surface area (Å²) in [5.74, 6) is -0.772. The SMILES string of the molecule is Cc1cc(NC(=O)N2Cc3c(nn4c3C(=O)N(C)O[C@H](CF)C4)C[C@H]2C)ccc1F. The number of fused-ring (bicyclic) bond motifs is 3. The second-order valence-electron chi connectivity index (χ2n) is 7.72. The molecular weight excluding hydrogens is 396 g/mol. The Morgan fingerprint density at radius 2 is 2.17 bits per heavy atom. The summed E-state index contributed by atoms with van der Waals surface area (Å²) in [5, 5.41) is 8.31. The summed E-state index contributed by atoms with van der Waals surface area (Å²) in [5.41, 5.74) is 2.59. The van der Waals surface area contributed by atoms with E-state index in [1.807, 2.05) is 6.92 Å². The number of anilines is 1. The largest absolute Gasteiger partial charge is 0.322 e. The number of hydrogen-bond acceptors (Lipinski definition) is 4. The molecule has 8 nitrogen and oxygen atoms in total. The van der Waals surface area contributed by atoms with E-state index in [9.17, 15) is 18.4 Å². The third kappa shape index (κ3) is 3.51. The van der Waals surface area contributed by atoms with Gasteiger partial charge in [0.2, 0.25) is 0 Å². The number of aryl methyl sites for hydroxylation is 1. The number of carbonyl (C=O) groups excluding carboxylic acids is 2. The number of hydroxylamine groups is 2. The first-order valence-electron chi connectivity index (χ1n) is 9.71. The van der Waals surface area contributed by atoms with Gasteiger partial charge in [-0.2, -0.15) is 5.10 Å². The molecule has 1 N–H and O–H groups in total. The van der Waals surface area contributed by atoms with Gasteiger partial charge >= 0.3 is 6.03 Å². The summed E-state index contributed by atoms with van der Waals surface area (Å²) in [7, 11) is 1.44. The van der Waals surface area contributed by atoms with E-state index in [0.29, 0.717) is 28.9 Å². The van der Waals surface area contributed by atoms with Gasteiger partial charge in [-0.05, 0) is 37.6 Å². The lowest BCUT2D eigenvalue weighted by molar-refractivity contribution is -0.152. The fourth-order valence-corrected chi connectivity index (χ4v) is 3.88. The van der Waals surface area contributed by atoms with Crippen LogP contribution in [0.4, 0.5) is 19.3 Å². The van der Waals surface area contributed by atoms with Crippen LogP contribution in [0.2, 0.25) is 0 Å². The minimum Gasteiger partial charge on any atom is -0.317 e. The third-order valence-electron chi connectivity index (χ3n) is 5.50. The fourth-order valence-electron chi connectivity index (χ4n) is 3.88. The number of aromatic nitrogens is 2. The van der Waals surface area contributed by atoms with Crippen LogP contribution < -0.4 is 5.32 Å². The lowest BCUT2D eigenvalue weighted by atomic mass is 9.99. The summed E-state index contributed by atoms with van der Waals surface area (Å²) in [6.45, 7) is 3.06. The van der Waals surface area contributed by atoms with Crippen molar-refractivity contribution < 1.29 is 23.2 Å². The van der Waals surface area contributed by atoms with Gasteiger partial charge in [-0.15, -0.1) is 0 Å². The van der Waals surface area contributed by atoms with Crippen molar-refractivity contribution in [1.82, 2.24) is 19.7 Å². The molecule has 1 aromatic carbocycles. The molecule has 4 rings (SSSR count). The minimum absolute atomic E-state index is 0.115. The molecule has 0 saturated carbocycles. The van der Waals surface area contributed by atoms with Crippen LogP contribution >= 0.6 is 0 Å². The minimum atomic E-state index is -0.805. The molecule has 0 fully saturated rings. The maximum Gasteiger partial charge on any atom is 0.322 e. The predicted octanol–water partition coefficient (Wildman–Crippen LogP) is 2.66. The lowest BCUT2D eigenvalue weighted by Gasteiger charge is -2.33. The smallest absolute Gasteiger partial charge is 0.317 e. The number of benzene rings is 1. The van der Waals surface area contributed by atoms with Crippen LogP contribution in [-0.2, 0) is 24.3 Å². The van der Waals surface area contributed by atoms with Gasteiger partial charge in [-0.1, -0.05) is 0 Å². The molecule has 0 aliphatic carbocycles. The van der Waals surface area contributed by atoms with Crippen LogP contribution in [0.25, 0.3) is 0 Å². The van der Waals surface area contributed by atoms with E-state index in [2.05, 4.69) is 10.4 Å². The molecule has 2 atom stereocenters. The van der Waals surface area contributed by atoms with E-state index in [1.54, 1.807) is 17.9 Å². The third-order valence-corrected chi connectivity index (χ3v) is 5.50. The molecule has 30 heavy (non-hydrogen) atoms. The molecule has 0 spiro atoms. The Hall–Kier alpha value is -3.01. The predicted molar refractivity (Wildman–Crippen MR) is 104 cm³/mol. The number of urea groups is 1. The van der Waals surface area contributed by atoms with Crippen molar-refractivity contribution in [3.8, 4) is 0 Å². The topological polar surface area (TPSA) is 79.7 Å². The van der Waals surface area contributed by atoms with Crippen LogP contribution in [0.5, 0.6) is 0 Å². The molecule has 0 unspecified atom stereocenters. The summed E-state index contributed by atoms with van der Waals surface area (Å²) >= 11 is 0. The van der Waals surface area contributed by atoms with Gasteiger partial charge < -0.3 is 10.2 Å². The van der Waals surface area contributed by atoms with Crippen LogP contribution in [0, 0.1) is 12.7 Å². The van der Waals surface area contributed by atoms with Crippen molar-refractivity contribution >= 4 is 17.6 Å². The molecule has 2 aromatic rings. The highest BCUT2D eigenvalue weighted by molar-refractivity contribution is 5.94. The molecular formula is C20H23F2N5O3. The number of amides is 3. The first-order chi connectivity index (χ1) is 14.3. The molecule has 3 heterocycles. The Balaban J connectivity index is 1.61. The molecule has 2 aliphatic rings. The van der Waals surface area contributed by atoms with E-state index in [1.165, 1.54) is 23.9 Å². The van der Waals surface area contributed by atoms with Crippen molar-refractivity contribution in [3.63, 3.8) is 0 Å². The summed E-state index contributed by atoms with van der Waals surface area (Å²) in [4.78, 5) is 32.7. The van der Waals surface area contributed by atoms with Crippen molar-refractivity contribution in [2.75, 3.05) is 19.0 Å². The maximum absolute atomic E-state index is 13.5. The highest BCUT2D eigenvalue weighted by atomic mass is 19.1. The standard InChI is InChI=1S/C20H23F2N5O3/c1-11-6-13(4-5-16(11)22)23-20(29)26-10-15-17(7-12(26)2)24-27-9-14(8-21)30-25(3)19(28)18(15)27/h4-6,12,14H,7-10H2,1-3H3,(H,23,29)/t12-,14-/m1/s1. The summed E-state index contributed by atoms with van der Waals surface area (Å²) in [6.07, 6.45) is -0.344. The Morgan fingerprint density at radius 3 is 2.87 bits per heavy atom. The summed E-state index contributed by atoms with van der Waals surface area (Å²) < 4.78 is 28.2.